The average molecular weight is 313 g/mol. The van der Waals surface area contributed by atoms with Crippen molar-refractivity contribution >= 4 is 18.1 Å². The molecule has 3 N–H and O–H groups in total. The van der Waals surface area contributed by atoms with Crippen LogP contribution in [0.15, 0.2) is 29.4 Å². The van der Waals surface area contributed by atoms with Crippen molar-refractivity contribution in [3.63, 3.8) is 0 Å². The second-order valence-corrected chi connectivity index (χ2v) is 4.07. The van der Waals surface area contributed by atoms with E-state index in [9.17, 15) is 18.0 Å². The molecule has 8 nitrogen and oxygen atoms in total. The standard InChI is InChI=1S/C11H10F3N7O/c12-11(13,14)8-4-2-1-3-7(8)5-16-17-9(22)6-21-10(15)18-19-20-21/h1-5H,6H2,(H,17,22)(H2,15,18,20)/b16-5+. The summed E-state index contributed by atoms with van der Waals surface area (Å²) in [5, 5.41) is 13.5. The highest BCUT2D eigenvalue weighted by molar-refractivity contribution is 5.84. The Morgan fingerprint density at radius 2 is 2.14 bits per heavy atom. The topological polar surface area (TPSA) is 111 Å². The molecular formula is C11H10F3N7O. The van der Waals surface area contributed by atoms with Gasteiger partial charge in [-0.25, -0.2) is 10.1 Å². The number of hydrogen-bond donors (Lipinski definition) is 2. The summed E-state index contributed by atoms with van der Waals surface area (Å²) in [6, 6.07) is 4.85. The van der Waals surface area contributed by atoms with Gasteiger partial charge in [-0.2, -0.15) is 18.3 Å². The molecule has 0 fully saturated rings. The molecule has 1 amide bonds. The summed E-state index contributed by atoms with van der Waals surface area (Å²) in [7, 11) is 0. The van der Waals surface area contributed by atoms with E-state index in [0.717, 1.165) is 17.0 Å². The van der Waals surface area contributed by atoms with Crippen LogP contribution in [0.1, 0.15) is 11.1 Å². The highest BCUT2D eigenvalue weighted by atomic mass is 19.4. The molecule has 0 bridgehead atoms. The smallest absolute Gasteiger partial charge is 0.367 e. The van der Waals surface area contributed by atoms with Gasteiger partial charge in [0.1, 0.15) is 6.54 Å². The molecule has 1 aromatic heterocycles. The number of tetrazole rings is 1. The number of carbonyl (C=O) groups excluding carboxylic acids is 1. The number of alkyl halides is 3. The van der Waals surface area contributed by atoms with Crippen molar-refractivity contribution in [2.24, 2.45) is 5.10 Å². The van der Waals surface area contributed by atoms with Crippen LogP contribution in [0.4, 0.5) is 19.1 Å². The molecule has 0 aliphatic carbocycles. The monoisotopic (exact) mass is 313 g/mol. The predicted molar refractivity (Wildman–Crippen MR) is 69.4 cm³/mol. The minimum atomic E-state index is -4.51. The first-order valence-corrected chi connectivity index (χ1v) is 5.87. The Hall–Kier alpha value is -2.98. The molecule has 0 saturated carbocycles. The lowest BCUT2D eigenvalue weighted by atomic mass is 10.1. The Morgan fingerprint density at radius 3 is 2.77 bits per heavy atom. The van der Waals surface area contributed by atoms with Crippen molar-refractivity contribution in [1.82, 2.24) is 25.6 Å². The highest BCUT2D eigenvalue weighted by Crippen LogP contribution is 2.30. The highest BCUT2D eigenvalue weighted by Gasteiger charge is 2.32. The first kappa shape index (κ1) is 15.4. The molecule has 1 aromatic carbocycles. The van der Waals surface area contributed by atoms with Crippen LogP contribution >= 0.6 is 0 Å². The van der Waals surface area contributed by atoms with E-state index in [4.69, 9.17) is 5.73 Å². The summed E-state index contributed by atoms with van der Waals surface area (Å²) in [5.74, 6) is -0.707. The molecular weight excluding hydrogens is 303 g/mol. The summed E-state index contributed by atoms with van der Waals surface area (Å²) in [6.07, 6.45) is -3.60. The molecule has 0 spiro atoms. The van der Waals surface area contributed by atoms with Gasteiger partial charge in [0.2, 0.25) is 5.95 Å². The van der Waals surface area contributed by atoms with Crippen LogP contribution < -0.4 is 11.2 Å². The number of nitrogens with one attached hydrogen (secondary N) is 1. The summed E-state index contributed by atoms with van der Waals surface area (Å²) in [4.78, 5) is 11.5. The SMILES string of the molecule is Nc1nnnn1CC(=O)N/N=C/c1ccccc1C(F)(F)F. The molecule has 0 aliphatic rings. The van der Waals surface area contributed by atoms with Crippen molar-refractivity contribution in [1.29, 1.82) is 0 Å². The van der Waals surface area contributed by atoms with Gasteiger partial charge in [0.05, 0.1) is 11.8 Å². The molecule has 0 unspecified atom stereocenters. The van der Waals surface area contributed by atoms with Crippen molar-refractivity contribution in [2.45, 2.75) is 12.7 Å². The summed E-state index contributed by atoms with van der Waals surface area (Å²) < 4.78 is 39.2. The normalized spacial score (nSPS) is 11.8. The van der Waals surface area contributed by atoms with Gasteiger partial charge in [0, 0.05) is 5.56 Å². The molecule has 11 heteroatoms. The van der Waals surface area contributed by atoms with Gasteiger partial charge in [-0.15, -0.1) is 0 Å². The maximum absolute atomic E-state index is 12.7. The van der Waals surface area contributed by atoms with Crippen molar-refractivity contribution in [3.8, 4) is 0 Å². The number of halogens is 3. The zero-order valence-corrected chi connectivity index (χ0v) is 10.9. The van der Waals surface area contributed by atoms with Crippen molar-refractivity contribution < 1.29 is 18.0 Å². The van der Waals surface area contributed by atoms with Crippen LogP contribution in [0, 0.1) is 0 Å². The van der Waals surface area contributed by atoms with Crippen molar-refractivity contribution in [3.05, 3.63) is 35.4 Å². The van der Waals surface area contributed by atoms with Crippen LogP contribution in [0.2, 0.25) is 0 Å². The van der Waals surface area contributed by atoms with Gasteiger partial charge >= 0.3 is 6.18 Å². The van der Waals surface area contributed by atoms with Crippen LogP contribution in [-0.2, 0) is 17.5 Å². The minimum Gasteiger partial charge on any atom is -0.367 e. The van der Waals surface area contributed by atoms with Gasteiger partial charge in [0.25, 0.3) is 5.91 Å². The first-order valence-electron chi connectivity index (χ1n) is 5.87. The van der Waals surface area contributed by atoms with Gasteiger partial charge in [-0.3, -0.25) is 4.79 Å². The van der Waals surface area contributed by atoms with Crippen LogP contribution in [0.3, 0.4) is 0 Å². The average Bonchev–Trinajstić information content (AvgIpc) is 2.83. The molecule has 116 valence electrons. The third-order valence-corrected chi connectivity index (χ3v) is 2.51. The number of aromatic nitrogens is 4. The molecule has 22 heavy (non-hydrogen) atoms. The lowest BCUT2D eigenvalue weighted by Crippen LogP contribution is -2.24. The van der Waals surface area contributed by atoms with E-state index in [1.807, 2.05) is 0 Å². The number of nitrogens with zero attached hydrogens (tertiary/aromatic N) is 5. The fourth-order valence-corrected chi connectivity index (χ4v) is 1.54. The van der Waals surface area contributed by atoms with E-state index >= 15 is 0 Å². The first-order chi connectivity index (χ1) is 10.4. The second-order valence-electron chi connectivity index (χ2n) is 4.07. The van der Waals surface area contributed by atoms with E-state index in [-0.39, 0.29) is 18.1 Å². The third-order valence-electron chi connectivity index (χ3n) is 2.51. The summed E-state index contributed by atoms with van der Waals surface area (Å²) in [5.41, 5.74) is 6.41. The predicted octanol–water partition coefficient (Wildman–Crippen LogP) is 0.424. The minimum absolute atomic E-state index is 0.0680. The fraction of sp³-hybridized carbons (Fsp3) is 0.182. The van der Waals surface area contributed by atoms with Gasteiger partial charge in [-0.05, 0) is 16.5 Å². The van der Waals surface area contributed by atoms with E-state index in [1.165, 1.54) is 18.2 Å². The van der Waals surface area contributed by atoms with E-state index < -0.39 is 17.6 Å². The van der Waals surface area contributed by atoms with E-state index in [0.29, 0.717) is 0 Å². The second kappa shape index (κ2) is 6.20. The molecule has 0 saturated heterocycles. The molecule has 1 heterocycles. The Bertz CT molecular complexity index is 695. The molecule has 2 aromatic rings. The van der Waals surface area contributed by atoms with E-state index in [2.05, 4.69) is 26.1 Å². The third kappa shape index (κ3) is 3.77. The van der Waals surface area contributed by atoms with Gasteiger partial charge in [0.15, 0.2) is 0 Å². The number of anilines is 1. The molecule has 2 rings (SSSR count). The van der Waals surface area contributed by atoms with Crippen LogP contribution in [-0.4, -0.2) is 32.3 Å². The Balaban J connectivity index is 2.01. The van der Waals surface area contributed by atoms with Gasteiger partial charge in [-0.1, -0.05) is 23.3 Å². The Kier molecular flexibility index (Phi) is 4.34. The zero-order chi connectivity index (χ0) is 16.2. The number of amides is 1. The maximum atomic E-state index is 12.7. The Labute approximate surface area is 121 Å². The van der Waals surface area contributed by atoms with Crippen LogP contribution in [0.5, 0.6) is 0 Å². The number of hydrogen-bond acceptors (Lipinski definition) is 6. The molecule has 0 aliphatic heterocycles. The molecule has 0 atom stereocenters. The largest absolute Gasteiger partial charge is 0.417 e. The number of nitrogens with two attached hydrogens (primary N) is 1. The number of rotatable bonds is 4. The summed E-state index contributed by atoms with van der Waals surface area (Å²) in [6.45, 7) is -0.308. The van der Waals surface area contributed by atoms with Crippen LogP contribution in [0.25, 0.3) is 0 Å². The van der Waals surface area contributed by atoms with Crippen molar-refractivity contribution in [2.75, 3.05) is 5.73 Å². The maximum Gasteiger partial charge on any atom is 0.417 e. The fourth-order valence-electron chi connectivity index (χ4n) is 1.54. The zero-order valence-electron chi connectivity index (χ0n) is 10.9. The quantitative estimate of drug-likeness (QED) is 0.628. The number of carbonyl (C=O) groups is 1. The summed E-state index contributed by atoms with van der Waals surface area (Å²) >= 11 is 0. The Morgan fingerprint density at radius 1 is 1.41 bits per heavy atom. The molecule has 0 radical (unpaired) electrons. The number of hydrazone groups is 1. The lowest BCUT2D eigenvalue weighted by Gasteiger charge is -2.09. The van der Waals surface area contributed by atoms with E-state index in [1.54, 1.807) is 0 Å². The van der Waals surface area contributed by atoms with Gasteiger partial charge < -0.3 is 5.73 Å². The number of benzene rings is 1. The lowest BCUT2D eigenvalue weighted by molar-refractivity contribution is -0.137. The number of nitrogen functional groups attached to an aromatic ring is 1.